The zero-order valence-corrected chi connectivity index (χ0v) is 26.7. The van der Waals surface area contributed by atoms with Crippen molar-refractivity contribution in [2.45, 2.75) is 108 Å². The van der Waals surface area contributed by atoms with Gasteiger partial charge >= 0.3 is 12.2 Å². The molecule has 5 rings (SSSR count). The molecular formula is C32H42ClN5O7. The van der Waals surface area contributed by atoms with Gasteiger partial charge in [-0.2, -0.15) is 0 Å². The van der Waals surface area contributed by atoms with E-state index in [-0.39, 0.29) is 25.4 Å². The second-order valence-corrected chi connectivity index (χ2v) is 13.8. The fraction of sp³-hybridized carbons (Fsp3) is 0.594. The topological polar surface area (TPSA) is 160 Å². The Kier molecular flexibility index (Phi) is 9.34. The van der Waals surface area contributed by atoms with Gasteiger partial charge in [0.15, 0.2) is 0 Å². The van der Waals surface area contributed by atoms with Gasteiger partial charge in [-0.1, -0.05) is 48.7 Å². The highest BCUT2D eigenvalue weighted by molar-refractivity contribution is 6.31. The van der Waals surface area contributed by atoms with Gasteiger partial charge in [0.05, 0.1) is 13.1 Å². The number of nitrogens with two attached hydrogens (primary N) is 1. The summed E-state index contributed by atoms with van der Waals surface area (Å²) in [6, 6.07) is 3.46. The van der Waals surface area contributed by atoms with Gasteiger partial charge < -0.3 is 30.7 Å². The van der Waals surface area contributed by atoms with Crippen LogP contribution in [0, 0.1) is 5.92 Å². The molecule has 3 heterocycles. The lowest BCUT2D eigenvalue weighted by molar-refractivity contribution is -0.141. The standard InChI is InChI=1S/C32H42ClN5O7/c1-31(2,3)45-29(42)35-24-13-8-6-4-5-7-11-20-15-32(20,28(34)41)36-26(39)25-14-21(17-38(25)27(24)40)44-30(43)37-16-19-10-9-12-23(33)22(19)18-37/h7,9-12,20-21,24-25H,4-6,8,13-18H2,1-3H3,(H2,34,41)(H,35,42)(H,36,39)/t20-,21-,24+,25+,32-/m1/s1. The smallest absolute Gasteiger partial charge is 0.410 e. The van der Waals surface area contributed by atoms with E-state index in [9.17, 15) is 24.0 Å². The maximum atomic E-state index is 14.1. The van der Waals surface area contributed by atoms with Gasteiger partial charge in [0.1, 0.15) is 29.3 Å². The molecule has 0 aromatic heterocycles. The zero-order chi connectivity index (χ0) is 32.5. The number of allylic oxidation sites excluding steroid dienone is 1. The minimum Gasteiger partial charge on any atom is -0.444 e. The molecule has 4 aliphatic rings. The number of carbonyl (C=O) groups is 5. The van der Waals surface area contributed by atoms with Crippen molar-refractivity contribution in [3.63, 3.8) is 0 Å². The van der Waals surface area contributed by atoms with Crippen molar-refractivity contribution in [3.05, 3.63) is 46.5 Å². The normalized spacial score (nSPS) is 28.5. The van der Waals surface area contributed by atoms with Gasteiger partial charge in [-0.25, -0.2) is 9.59 Å². The summed E-state index contributed by atoms with van der Waals surface area (Å²) >= 11 is 6.33. The van der Waals surface area contributed by atoms with E-state index in [2.05, 4.69) is 10.6 Å². The maximum absolute atomic E-state index is 14.1. The van der Waals surface area contributed by atoms with Crippen molar-refractivity contribution in [2.24, 2.45) is 11.7 Å². The Hall–Kier alpha value is -3.80. The van der Waals surface area contributed by atoms with E-state index < -0.39 is 59.2 Å². The predicted molar refractivity (Wildman–Crippen MR) is 165 cm³/mol. The van der Waals surface area contributed by atoms with Gasteiger partial charge in [0.25, 0.3) is 0 Å². The molecule has 3 aliphatic heterocycles. The summed E-state index contributed by atoms with van der Waals surface area (Å²) in [6.45, 7) is 5.72. The molecule has 1 aromatic rings. The Morgan fingerprint density at radius 3 is 2.62 bits per heavy atom. The van der Waals surface area contributed by atoms with Crippen LogP contribution in [0.3, 0.4) is 0 Å². The number of alkyl carbamates (subject to hydrolysis) is 1. The molecule has 5 amide bonds. The first kappa shape index (κ1) is 32.6. The fourth-order valence-corrected chi connectivity index (χ4v) is 6.62. The molecule has 13 heteroatoms. The van der Waals surface area contributed by atoms with E-state index >= 15 is 0 Å². The number of rotatable bonds is 3. The summed E-state index contributed by atoms with van der Waals surface area (Å²) < 4.78 is 11.3. The van der Waals surface area contributed by atoms with E-state index in [1.54, 1.807) is 26.8 Å². The molecule has 4 N–H and O–H groups in total. The maximum Gasteiger partial charge on any atom is 0.410 e. The molecule has 0 unspecified atom stereocenters. The summed E-state index contributed by atoms with van der Waals surface area (Å²) in [7, 11) is 0. The van der Waals surface area contributed by atoms with Crippen LogP contribution in [0.5, 0.6) is 0 Å². The number of nitrogens with one attached hydrogen (secondary N) is 2. The molecule has 1 saturated carbocycles. The number of nitrogens with zero attached hydrogens (tertiary/aromatic N) is 2. The minimum absolute atomic E-state index is 0.0133. The third kappa shape index (κ3) is 7.37. The first-order valence-corrected chi connectivity index (χ1v) is 16.0. The number of halogens is 1. The number of amides is 5. The van der Waals surface area contributed by atoms with Crippen molar-refractivity contribution in [3.8, 4) is 0 Å². The van der Waals surface area contributed by atoms with Gasteiger partial charge in [-0.15, -0.1) is 0 Å². The Morgan fingerprint density at radius 1 is 1.13 bits per heavy atom. The molecular weight excluding hydrogens is 602 g/mol. The van der Waals surface area contributed by atoms with Gasteiger partial charge in [0, 0.05) is 23.9 Å². The second kappa shape index (κ2) is 12.9. The predicted octanol–water partition coefficient (Wildman–Crippen LogP) is 3.54. The highest BCUT2D eigenvalue weighted by atomic mass is 35.5. The third-order valence-electron chi connectivity index (χ3n) is 8.82. The molecule has 1 saturated heterocycles. The van der Waals surface area contributed by atoms with E-state index in [1.807, 2.05) is 24.3 Å². The van der Waals surface area contributed by atoms with Crippen LogP contribution < -0.4 is 16.4 Å². The van der Waals surface area contributed by atoms with Gasteiger partial charge in [-0.3, -0.25) is 19.3 Å². The summed E-state index contributed by atoms with van der Waals surface area (Å²) in [5.41, 5.74) is 5.51. The second-order valence-electron chi connectivity index (χ2n) is 13.4. The molecule has 45 heavy (non-hydrogen) atoms. The van der Waals surface area contributed by atoms with Gasteiger partial charge in [-0.05, 0) is 63.6 Å². The Bertz CT molecular complexity index is 1390. The van der Waals surface area contributed by atoms with E-state index in [4.69, 9.17) is 26.8 Å². The van der Waals surface area contributed by atoms with E-state index in [1.165, 1.54) is 9.80 Å². The number of benzene rings is 1. The summed E-state index contributed by atoms with van der Waals surface area (Å²) in [5.74, 6) is -1.95. The summed E-state index contributed by atoms with van der Waals surface area (Å²) in [4.78, 5) is 69.3. The van der Waals surface area contributed by atoms with Crippen molar-refractivity contribution in [2.75, 3.05) is 6.54 Å². The highest BCUT2D eigenvalue weighted by Gasteiger charge is 2.60. The van der Waals surface area contributed by atoms with Crippen LogP contribution in [0.2, 0.25) is 5.02 Å². The van der Waals surface area contributed by atoms with Crippen LogP contribution in [-0.4, -0.2) is 75.6 Å². The molecule has 1 aromatic carbocycles. The largest absolute Gasteiger partial charge is 0.444 e. The number of fused-ring (bicyclic) bond motifs is 3. The fourth-order valence-electron chi connectivity index (χ4n) is 6.37. The molecule has 0 spiro atoms. The van der Waals surface area contributed by atoms with Crippen molar-refractivity contribution in [1.29, 1.82) is 0 Å². The highest BCUT2D eigenvalue weighted by Crippen LogP contribution is 2.45. The molecule has 0 bridgehead atoms. The van der Waals surface area contributed by atoms with Crippen LogP contribution >= 0.6 is 11.6 Å². The van der Waals surface area contributed by atoms with E-state index in [0.717, 1.165) is 30.4 Å². The Morgan fingerprint density at radius 2 is 1.91 bits per heavy atom. The molecule has 0 radical (unpaired) electrons. The quantitative estimate of drug-likeness (QED) is 0.425. The average Bonchev–Trinajstić information content (AvgIpc) is 3.27. The molecule has 12 nitrogen and oxygen atoms in total. The zero-order valence-electron chi connectivity index (χ0n) is 26.0. The molecule has 1 aliphatic carbocycles. The van der Waals surface area contributed by atoms with Crippen LogP contribution in [0.1, 0.15) is 76.8 Å². The lowest BCUT2D eigenvalue weighted by Gasteiger charge is -2.30. The number of hydrogen-bond donors (Lipinski definition) is 3. The van der Waals surface area contributed by atoms with Crippen molar-refractivity contribution in [1.82, 2.24) is 20.4 Å². The number of hydrogen-bond acceptors (Lipinski definition) is 7. The van der Waals surface area contributed by atoms with E-state index in [0.29, 0.717) is 30.8 Å². The average molecular weight is 644 g/mol. The lowest BCUT2D eigenvalue weighted by atomic mass is 10.0. The van der Waals surface area contributed by atoms with Crippen LogP contribution in [0.25, 0.3) is 0 Å². The number of primary amides is 1. The SMILES string of the molecule is CC(C)(C)OC(=O)N[C@H]1CCCCCC=C[C@@H]2C[C@@]2(C(N)=O)NC(=O)[C@@H]2C[C@@H](OC(=O)N3Cc4cccc(Cl)c4C3)CN2C1=O. The first-order valence-electron chi connectivity index (χ1n) is 15.6. The number of ether oxygens (including phenoxy) is 2. The third-order valence-corrected chi connectivity index (χ3v) is 9.18. The molecule has 244 valence electrons. The monoisotopic (exact) mass is 643 g/mol. The Balaban J connectivity index is 1.37. The van der Waals surface area contributed by atoms with Crippen molar-refractivity contribution >= 4 is 41.5 Å². The van der Waals surface area contributed by atoms with Crippen LogP contribution in [0.15, 0.2) is 30.4 Å². The van der Waals surface area contributed by atoms with Gasteiger partial charge in [0.2, 0.25) is 17.7 Å². The lowest BCUT2D eigenvalue weighted by Crippen LogP contribution is -2.57. The minimum atomic E-state index is -1.24. The molecule has 2 fully saturated rings. The van der Waals surface area contributed by atoms with Crippen LogP contribution in [0.4, 0.5) is 9.59 Å². The first-order chi connectivity index (χ1) is 21.3. The van der Waals surface area contributed by atoms with Crippen LogP contribution in [-0.2, 0) is 36.9 Å². The summed E-state index contributed by atoms with van der Waals surface area (Å²) in [5, 5.41) is 6.10. The van der Waals surface area contributed by atoms with Crippen molar-refractivity contribution < 1.29 is 33.4 Å². The molecule has 5 atom stereocenters. The Labute approximate surface area is 268 Å². The number of carbonyl (C=O) groups excluding carboxylic acids is 5. The summed E-state index contributed by atoms with van der Waals surface area (Å²) in [6.07, 6.45) is 5.55.